The van der Waals surface area contributed by atoms with Gasteiger partial charge in [-0.25, -0.2) is 0 Å². The van der Waals surface area contributed by atoms with Gasteiger partial charge in [0.15, 0.2) is 11.5 Å². The first-order chi connectivity index (χ1) is 14.3. The minimum atomic E-state index is -0.478. The Morgan fingerprint density at radius 1 is 1.27 bits per heavy atom. The molecule has 0 atom stereocenters. The summed E-state index contributed by atoms with van der Waals surface area (Å²) >= 11 is 7.20. The lowest BCUT2D eigenvalue weighted by atomic mass is 10.1. The normalized spacial score (nSPS) is 18.1. The topological polar surface area (TPSA) is 76.2 Å². The van der Waals surface area contributed by atoms with E-state index in [1.807, 2.05) is 20.8 Å². The quantitative estimate of drug-likeness (QED) is 0.577. The summed E-state index contributed by atoms with van der Waals surface area (Å²) in [5.74, 6) is 0.227. The van der Waals surface area contributed by atoms with Crippen LogP contribution in [-0.4, -0.2) is 59.2 Å². The molecule has 2 aliphatic heterocycles. The molecule has 1 aromatic carbocycles. The molecule has 1 aromatic rings. The lowest BCUT2D eigenvalue weighted by molar-refractivity contribution is -0.135. The molecule has 2 aliphatic rings. The predicted molar refractivity (Wildman–Crippen MR) is 117 cm³/mol. The standard InChI is InChI=1S/C21H25ClN2O5S/c1-4-28-16-10-14(9-15(22)19(16)29-13(2)3)11-17-20(26)24(21(27)30-17)12-18(25)23-7-5-6-8-23/h9-11,13H,4-8,12H2,1-3H3/b17-11+. The van der Waals surface area contributed by atoms with Crippen molar-refractivity contribution in [3.05, 3.63) is 27.6 Å². The zero-order valence-electron chi connectivity index (χ0n) is 17.3. The van der Waals surface area contributed by atoms with Gasteiger partial charge in [0.1, 0.15) is 6.54 Å². The number of likely N-dealkylation sites (tertiary alicyclic amines) is 1. The molecule has 0 bridgehead atoms. The molecule has 0 aromatic heterocycles. The maximum absolute atomic E-state index is 12.7. The molecular formula is C21H25ClN2O5S. The second-order valence-electron chi connectivity index (χ2n) is 7.29. The maximum Gasteiger partial charge on any atom is 0.294 e. The second kappa shape index (κ2) is 9.75. The van der Waals surface area contributed by atoms with E-state index in [9.17, 15) is 14.4 Å². The lowest BCUT2D eigenvalue weighted by Crippen LogP contribution is -2.40. The molecular weight excluding hydrogens is 428 g/mol. The van der Waals surface area contributed by atoms with Gasteiger partial charge in [-0.15, -0.1) is 0 Å². The summed E-state index contributed by atoms with van der Waals surface area (Å²) in [6.07, 6.45) is 3.40. The van der Waals surface area contributed by atoms with E-state index < -0.39 is 11.1 Å². The molecule has 2 heterocycles. The number of nitrogens with zero attached hydrogens (tertiary/aromatic N) is 2. The van der Waals surface area contributed by atoms with Crippen LogP contribution in [0.15, 0.2) is 17.0 Å². The number of hydrogen-bond acceptors (Lipinski definition) is 6. The fourth-order valence-corrected chi connectivity index (χ4v) is 4.38. The number of rotatable bonds is 7. The Morgan fingerprint density at radius 3 is 2.60 bits per heavy atom. The SMILES string of the molecule is CCOc1cc(/C=C2/SC(=O)N(CC(=O)N3CCCC3)C2=O)cc(Cl)c1OC(C)C. The van der Waals surface area contributed by atoms with E-state index in [2.05, 4.69) is 0 Å². The van der Waals surface area contributed by atoms with Gasteiger partial charge in [0, 0.05) is 13.1 Å². The third-order valence-corrected chi connectivity index (χ3v) is 5.80. The Kier molecular flexibility index (Phi) is 7.31. The van der Waals surface area contributed by atoms with Gasteiger partial charge in [0.25, 0.3) is 11.1 Å². The van der Waals surface area contributed by atoms with Gasteiger partial charge >= 0.3 is 0 Å². The van der Waals surface area contributed by atoms with Crippen LogP contribution in [0.3, 0.4) is 0 Å². The van der Waals surface area contributed by atoms with E-state index in [0.717, 1.165) is 29.5 Å². The van der Waals surface area contributed by atoms with Crippen molar-refractivity contribution in [1.82, 2.24) is 9.80 Å². The first-order valence-corrected chi connectivity index (χ1v) is 11.2. The summed E-state index contributed by atoms with van der Waals surface area (Å²) in [7, 11) is 0. The molecule has 162 valence electrons. The Morgan fingerprint density at radius 2 is 1.97 bits per heavy atom. The van der Waals surface area contributed by atoms with E-state index in [0.29, 0.717) is 41.8 Å². The summed E-state index contributed by atoms with van der Waals surface area (Å²) in [5, 5.41) is -0.0981. The number of carbonyl (C=O) groups excluding carboxylic acids is 3. The van der Waals surface area contributed by atoms with Crippen molar-refractivity contribution in [1.29, 1.82) is 0 Å². The minimum absolute atomic E-state index is 0.0859. The number of hydrogen-bond donors (Lipinski definition) is 0. The molecule has 0 saturated carbocycles. The van der Waals surface area contributed by atoms with Gasteiger partial charge < -0.3 is 14.4 Å². The molecule has 2 saturated heterocycles. The molecule has 2 fully saturated rings. The van der Waals surface area contributed by atoms with Gasteiger partial charge in [-0.2, -0.15) is 0 Å². The monoisotopic (exact) mass is 452 g/mol. The summed E-state index contributed by atoms with van der Waals surface area (Å²) in [6, 6.07) is 3.38. The van der Waals surface area contributed by atoms with Crippen LogP contribution in [-0.2, 0) is 9.59 Å². The highest BCUT2D eigenvalue weighted by Gasteiger charge is 2.37. The number of thioether (sulfide) groups is 1. The van der Waals surface area contributed by atoms with Crippen LogP contribution < -0.4 is 9.47 Å². The first-order valence-electron chi connectivity index (χ1n) is 9.96. The van der Waals surface area contributed by atoms with E-state index in [4.69, 9.17) is 21.1 Å². The second-order valence-corrected chi connectivity index (χ2v) is 8.69. The van der Waals surface area contributed by atoms with Crippen molar-refractivity contribution in [2.45, 2.75) is 39.7 Å². The van der Waals surface area contributed by atoms with Gasteiger partial charge in [0.2, 0.25) is 5.91 Å². The largest absolute Gasteiger partial charge is 0.490 e. The van der Waals surface area contributed by atoms with E-state index in [1.165, 1.54) is 0 Å². The Hall–Kier alpha value is -2.19. The van der Waals surface area contributed by atoms with Crippen LogP contribution in [0.5, 0.6) is 11.5 Å². The highest BCUT2D eigenvalue weighted by Crippen LogP contribution is 2.39. The van der Waals surface area contributed by atoms with E-state index in [-0.39, 0.29) is 23.5 Å². The zero-order valence-corrected chi connectivity index (χ0v) is 18.8. The number of amides is 3. The minimum Gasteiger partial charge on any atom is -0.490 e. The maximum atomic E-state index is 12.7. The molecule has 0 aliphatic carbocycles. The molecule has 0 spiro atoms. The molecule has 0 radical (unpaired) electrons. The third kappa shape index (κ3) is 5.10. The Bertz CT molecular complexity index is 880. The number of carbonyl (C=O) groups is 3. The van der Waals surface area contributed by atoms with Crippen molar-refractivity contribution in [2.24, 2.45) is 0 Å². The van der Waals surface area contributed by atoms with Crippen LogP contribution in [0.25, 0.3) is 6.08 Å². The zero-order chi connectivity index (χ0) is 21.8. The molecule has 0 N–H and O–H groups in total. The van der Waals surface area contributed by atoms with Crippen molar-refractivity contribution in [3.63, 3.8) is 0 Å². The van der Waals surface area contributed by atoms with Crippen LogP contribution in [0.1, 0.15) is 39.2 Å². The average Bonchev–Trinajstić information content (AvgIpc) is 3.30. The molecule has 7 nitrogen and oxygen atoms in total. The number of imide groups is 1. The molecule has 9 heteroatoms. The molecule has 3 amide bonds. The molecule has 3 rings (SSSR count). The first kappa shape index (κ1) is 22.5. The van der Waals surface area contributed by atoms with E-state index in [1.54, 1.807) is 23.1 Å². The van der Waals surface area contributed by atoms with E-state index >= 15 is 0 Å². The Balaban J connectivity index is 1.81. The fraction of sp³-hybridized carbons (Fsp3) is 0.476. The van der Waals surface area contributed by atoms with Gasteiger partial charge in [-0.1, -0.05) is 11.6 Å². The van der Waals surface area contributed by atoms with Gasteiger partial charge in [-0.05, 0) is 69.1 Å². The highest BCUT2D eigenvalue weighted by atomic mass is 35.5. The summed E-state index contributed by atoms with van der Waals surface area (Å²) in [6.45, 7) is 7.17. The van der Waals surface area contributed by atoms with Crippen molar-refractivity contribution < 1.29 is 23.9 Å². The smallest absolute Gasteiger partial charge is 0.294 e. The van der Waals surface area contributed by atoms with Gasteiger partial charge in [-0.3, -0.25) is 19.3 Å². The van der Waals surface area contributed by atoms with Crippen LogP contribution >= 0.6 is 23.4 Å². The Labute approximate surface area is 185 Å². The lowest BCUT2D eigenvalue weighted by Gasteiger charge is -2.18. The van der Waals surface area contributed by atoms with Gasteiger partial charge in [0.05, 0.1) is 22.6 Å². The van der Waals surface area contributed by atoms with Crippen LogP contribution in [0, 0.1) is 0 Å². The summed E-state index contributed by atoms with van der Waals surface area (Å²) < 4.78 is 11.4. The van der Waals surface area contributed by atoms with Crippen LogP contribution in [0.4, 0.5) is 4.79 Å². The van der Waals surface area contributed by atoms with Crippen molar-refractivity contribution >= 4 is 46.5 Å². The number of halogens is 1. The van der Waals surface area contributed by atoms with Crippen LogP contribution in [0.2, 0.25) is 5.02 Å². The molecule has 30 heavy (non-hydrogen) atoms. The van der Waals surface area contributed by atoms with Crippen molar-refractivity contribution in [2.75, 3.05) is 26.2 Å². The fourth-order valence-electron chi connectivity index (χ4n) is 3.27. The third-order valence-electron chi connectivity index (χ3n) is 4.61. The number of benzene rings is 1. The average molecular weight is 453 g/mol. The predicted octanol–water partition coefficient (Wildman–Crippen LogP) is 4.18. The highest BCUT2D eigenvalue weighted by molar-refractivity contribution is 8.18. The summed E-state index contributed by atoms with van der Waals surface area (Å²) in [5.41, 5.74) is 0.607. The summed E-state index contributed by atoms with van der Waals surface area (Å²) in [4.78, 5) is 40.3. The molecule has 0 unspecified atom stereocenters. The van der Waals surface area contributed by atoms with Crippen molar-refractivity contribution in [3.8, 4) is 11.5 Å². The number of ether oxygens (including phenoxy) is 2.